The average molecular weight is 277 g/mol. The Bertz CT molecular complexity index is 199. The monoisotopic (exact) mass is 276 g/mol. The lowest BCUT2D eigenvalue weighted by Crippen LogP contribution is -2.33. The second-order valence-corrected chi connectivity index (χ2v) is 6.13. The van der Waals surface area contributed by atoms with Crippen LogP contribution in [-0.4, -0.2) is 29.3 Å². The third kappa shape index (κ3) is 6.96. The van der Waals surface area contributed by atoms with E-state index in [0.29, 0.717) is 12.2 Å². The smallest absolute Gasteiger partial charge is 0.0593 e. The van der Waals surface area contributed by atoms with Gasteiger partial charge in [0.15, 0.2) is 0 Å². The predicted molar refractivity (Wildman–Crippen MR) is 77.2 cm³/mol. The van der Waals surface area contributed by atoms with Crippen LogP contribution >= 0.6 is 11.6 Å². The highest BCUT2D eigenvalue weighted by molar-refractivity contribution is 6.20. The molecule has 2 nitrogen and oxygen atoms in total. The molecule has 0 unspecified atom stereocenters. The first-order chi connectivity index (χ1) is 8.76. The number of alkyl halides is 1. The van der Waals surface area contributed by atoms with Crippen molar-refractivity contribution in [2.45, 2.75) is 88.7 Å². The molecule has 1 fully saturated rings. The standard InChI is InChI=1S/C15H29ClO2/c1-2-3-4-5-8-14-11-13(16)12-15(18-14)9-6-7-10-17/h13-15,17H,2-12H2,1H3/t13-,14+,15-/m0/s1. The van der Waals surface area contributed by atoms with Gasteiger partial charge in [-0.1, -0.05) is 32.6 Å². The Hall–Kier alpha value is 0.210. The second kappa shape index (κ2) is 10.1. The summed E-state index contributed by atoms with van der Waals surface area (Å²) in [6.45, 7) is 2.53. The summed E-state index contributed by atoms with van der Waals surface area (Å²) in [6.07, 6.45) is 12.0. The molecule has 0 spiro atoms. The largest absolute Gasteiger partial charge is 0.396 e. The van der Waals surface area contributed by atoms with E-state index in [1.807, 2.05) is 0 Å². The number of unbranched alkanes of at least 4 members (excludes halogenated alkanes) is 4. The van der Waals surface area contributed by atoms with Crippen molar-refractivity contribution in [2.75, 3.05) is 6.61 Å². The van der Waals surface area contributed by atoms with Crippen LogP contribution < -0.4 is 0 Å². The number of hydrogen-bond donors (Lipinski definition) is 1. The van der Waals surface area contributed by atoms with E-state index >= 15 is 0 Å². The number of aliphatic hydroxyl groups excluding tert-OH is 1. The fourth-order valence-electron chi connectivity index (χ4n) is 2.70. The fraction of sp³-hybridized carbons (Fsp3) is 1.00. The van der Waals surface area contributed by atoms with Crippen LogP contribution in [0.5, 0.6) is 0 Å². The summed E-state index contributed by atoms with van der Waals surface area (Å²) < 4.78 is 6.12. The molecule has 0 aromatic rings. The minimum atomic E-state index is 0.286. The normalized spacial score (nSPS) is 28.5. The predicted octanol–water partition coefficient (Wildman–Crippen LogP) is 4.27. The average Bonchev–Trinajstić information content (AvgIpc) is 2.34. The summed E-state index contributed by atoms with van der Waals surface area (Å²) >= 11 is 6.33. The lowest BCUT2D eigenvalue weighted by molar-refractivity contribution is -0.0564. The maximum Gasteiger partial charge on any atom is 0.0593 e. The molecular formula is C15H29ClO2. The first kappa shape index (κ1) is 16.3. The van der Waals surface area contributed by atoms with Gasteiger partial charge in [-0.15, -0.1) is 11.6 Å². The van der Waals surface area contributed by atoms with Crippen LogP contribution in [0.1, 0.15) is 71.1 Å². The summed E-state index contributed by atoms with van der Waals surface area (Å²) in [4.78, 5) is 0. The summed E-state index contributed by atoms with van der Waals surface area (Å²) in [6, 6.07) is 0. The Labute approximate surface area is 117 Å². The van der Waals surface area contributed by atoms with Crippen LogP contribution in [0.25, 0.3) is 0 Å². The maximum atomic E-state index is 8.80. The van der Waals surface area contributed by atoms with Crippen molar-refractivity contribution >= 4 is 11.6 Å². The molecule has 1 aliphatic heterocycles. The quantitative estimate of drug-likeness (QED) is 0.503. The molecule has 0 aromatic heterocycles. The molecule has 18 heavy (non-hydrogen) atoms. The lowest BCUT2D eigenvalue weighted by atomic mass is 9.96. The number of hydrogen-bond acceptors (Lipinski definition) is 2. The minimum Gasteiger partial charge on any atom is -0.396 e. The van der Waals surface area contributed by atoms with Crippen LogP contribution in [0.15, 0.2) is 0 Å². The van der Waals surface area contributed by atoms with Crippen LogP contribution in [-0.2, 0) is 4.74 Å². The van der Waals surface area contributed by atoms with Crippen LogP contribution in [0.3, 0.4) is 0 Å². The third-order valence-electron chi connectivity index (χ3n) is 3.74. The molecule has 0 bridgehead atoms. The van der Waals surface area contributed by atoms with Crippen LogP contribution in [0.2, 0.25) is 0 Å². The van der Waals surface area contributed by atoms with Gasteiger partial charge in [0.1, 0.15) is 0 Å². The Morgan fingerprint density at radius 1 is 1.00 bits per heavy atom. The zero-order valence-corrected chi connectivity index (χ0v) is 12.5. The number of aliphatic hydroxyl groups is 1. The Balaban J connectivity index is 2.18. The number of rotatable bonds is 9. The molecule has 1 heterocycles. The van der Waals surface area contributed by atoms with Gasteiger partial charge in [0.2, 0.25) is 0 Å². The van der Waals surface area contributed by atoms with E-state index in [1.165, 1.54) is 32.1 Å². The summed E-state index contributed by atoms with van der Waals surface area (Å²) in [7, 11) is 0. The van der Waals surface area contributed by atoms with Crippen molar-refractivity contribution in [1.82, 2.24) is 0 Å². The molecular weight excluding hydrogens is 248 g/mol. The molecule has 0 aromatic carbocycles. The van der Waals surface area contributed by atoms with Crippen molar-refractivity contribution in [3.8, 4) is 0 Å². The zero-order valence-electron chi connectivity index (χ0n) is 11.7. The first-order valence-electron chi connectivity index (χ1n) is 7.66. The van der Waals surface area contributed by atoms with Crippen LogP contribution in [0, 0.1) is 0 Å². The second-order valence-electron chi connectivity index (χ2n) is 5.52. The van der Waals surface area contributed by atoms with E-state index in [0.717, 1.165) is 32.1 Å². The molecule has 0 aliphatic carbocycles. The number of ether oxygens (including phenoxy) is 1. The van der Waals surface area contributed by atoms with Crippen molar-refractivity contribution in [3.63, 3.8) is 0 Å². The third-order valence-corrected chi connectivity index (χ3v) is 4.09. The SMILES string of the molecule is CCCCCC[C@@H]1C[C@H](Cl)C[C@H](CCCCO)O1. The fourth-order valence-corrected chi connectivity index (χ4v) is 3.10. The van der Waals surface area contributed by atoms with Gasteiger partial charge in [-0.3, -0.25) is 0 Å². The van der Waals surface area contributed by atoms with Gasteiger partial charge in [0.05, 0.1) is 12.2 Å². The van der Waals surface area contributed by atoms with Gasteiger partial charge < -0.3 is 9.84 Å². The van der Waals surface area contributed by atoms with Gasteiger partial charge in [-0.2, -0.15) is 0 Å². The first-order valence-corrected chi connectivity index (χ1v) is 8.10. The molecule has 1 aliphatic rings. The molecule has 3 heteroatoms. The van der Waals surface area contributed by atoms with Gasteiger partial charge in [-0.05, 0) is 38.5 Å². The van der Waals surface area contributed by atoms with Crippen molar-refractivity contribution in [1.29, 1.82) is 0 Å². The minimum absolute atomic E-state index is 0.286. The maximum absolute atomic E-state index is 8.80. The van der Waals surface area contributed by atoms with E-state index < -0.39 is 0 Å². The highest BCUT2D eigenvalue weighted by atomic mass is 35.5. The summed E-state index contributed by atoms with van der Waals surface area (Å²) in [5.74, 6) is 0. The van der Waals surface area contributed by atoms with Gasteiger partial charge in [-0.25, -0.2) is 0 Å². The highest BCUT2D eigenvalue weighted by Crippen LogP contribution is 2.29. The van der Waals surface area contributed by atoms with Crippen molar-refractivity contribution < 1.29 is 9.84 Å². The van der Waals surface area contributed by atoms with E-state index in [9.17, 15) is 0 Å². The Kier molecular flexibility index (Phi) is 9.08. The summed E-state index contributed by atoms with van der Waals surface area (Å²) in [5, 5.41) is 9.09. The molecule has 3 atom stereocenters. The molecule has 1 saturated heterocycles. The molecule has 1 rings (SSSR count). The summed E-state index contributed by atoms with van der Waals surface area (Å²) in [5.41, 5.74) is 0. The van der Waals surface area contributed by atoms with Crippen molar-refractivity contribution in [2.24, 2.45) is 0 Å². The zero-order chi connectivity index (χ0) is 13.2. The number of halogens is 1. The topological polar surface area (TPSA) is 29.5 Å². The molecule has 1 N–H and O–H groups in total. The van der Waals surface area contributed by atoms with E-state index in [1.54, 1.807) is 0 Å². The highest BCUT2D eigenvalue weighted by Gasteiger charge is 2.27. The molecule has 108 valence electrons. The Morgan fingerprint density at radius 3 is 2.17 bits per heavy atom. The van der Waals surface area contributed by atoms with Gasteiger partial charge in [0.25, 0.3) is 0 Å². The molecule has 0 saturated carbocycles. The molecule has 0 radical (unpaired) electrons. The van der Waals surface area contributed by atoms with Gasteiger partial charge in [0, 0.05) is 12.0 Å². The lowest BCUT2D eigenvalue weighted by Gasteiger charge is -2.33. The van der Waals surface area contributed by atoms with Crippen molar-refractivity contribution in [3.05, 3.63) is 0 Å². The molecule has 0 amide bonds. The van der Waals surface area contributed by atoms with E-state index in [2.05, 4.69) is 6.92 Å². The van der Waals surface area contributed by atoms with E-state index in [-0.39, 0.29) is 12.0 Å². The van der Waals surface area contributed by atoms with Gasteiger partial charge >= 0.3 is 0 Å². The van der Waals surface area contributed by atoms with Crippen LogP contribution in [0.4, 0.5) is 0 Å². The van der Waals surface area contributed by atoms with E-state index in [4.69, 9.17) is 21.4 Å². The Morgan fingerprint density at radius 2 is 1.61 bits per heavy atom.